The van der Waals surface area contributed by atoms with Crippen molar-refractivity contribution < 1.29 is 9.59 Å². The van der Waals surface area contributed by atoms with Gasteiger partial charge in [0.05, 0.1) is 23.2 Å². The van der Waals surface area contributed by atoms with Gasteiger partial charge in [-0.2, -0.15) is 5.10 Å². The highest BCUT2D eigenvalue weighted by atomic mass is 35.5. The van der Waals surface area contributed by atoms with Gasteiger partial charge in [0.15, 0.2) is 0 Å². The van der Waals surface area contributed by atoms with E-state index < -0.39 is 5.41 Å². The van der Waals surface area contributed by atoms with E-state index in [2.05, 4.69) is 33.0 Å². The Labute approximate surface area is 181 Å². The summed E-state index contributed by atoms with van der Waals surface area (Å²) >= 11 is 5.99. The number of anilines is 1. The maximum Gasteiger partial charge on any atom is 0.245 e. The molecule has 0 aliphatic heterocycles. The number of carbonyl (C=O) groups is 2. The van der Waals surface area contributed by atoms with E-state index in [1.165, 1.54) is 0 Å². The summed E-state index contributed by atoms with van der Waals surface area (Å²) in [6.07, 6.45) is 1.78. The largest absolute Gasteiger partial charge is 0.333 e. The maximum atomic E-state index is 12.9. The van der Waals surface area contributed by atoms with Crippen LogP contribution < -0.4 is 5.32 Å². The fourth-order valence-corrected chi connectivity index (χ4v) is 2.90. The molecule has 166 valence electrons. The summed E-state index contributed by atoms with van der Waals surface area (Å²) < 4.78 is 1.84. The molecule has 0 unspecified atom stereocenters. The molecule has 6 nitrogen and oxygen atoms in total. The van der Waals surface area contributed by atoms with Gasteiger partial charge in [0.25, 0.3) is 0 Å². The second-order valence-electron chi connectivity index (χ2n) is 10.4. The van der Waals surface area contributed by atoms with Gasteiger partial charge in [0, 0.05) is 23.9 Å². The zero-order valence-electron chi connectivity index (χ0n) is 19.6. The number of carbonyl (C=O) groups excluding carboxylic acids is 2. The summed E-state index contributed by atoms with van der Waals surface area (Å²) in [5.41, 5.74) is -0.222. The number of alkyl halides is 1. The third kappa shape index (κ3) is 7.02. The Morgan fingerprint density at radius 2 is 1.72 bits per heavy atom. The molecular formula is C22H39ClN4O2. The zero-order chi connectivity index (χ0) is 22.6. The third-order valence-electron chi connectivity index (χ3n) is 4.70. The highest BCUT2D eigenvalue weighted by molar-refractivity contribution is 6.19. The lowest BCUT2D eigenvalue weighted by molar-refractivity contribution is -0.141. The minimum absolute atomic E-state index is 0.000668. The predicted octanol–water partition coefficient (Wildman–Crippen LogP) is 4.77. The lowest BCUT2D eigenvalue weighted by Gasteiger charge is -2.30. The number of aromatic nitrogens is 2. The topological polar surface area (TPSA) is 67.2 Å². The van der Waals surface area contributed by atoms with Gasteiger partial charge in [-0.15, -0.1) is 11.6 Å². The first-order chi connectivity index (χ1) is 13.1. The summed E-state index contributed by atoms with van der Waals surface area (Å²) in [4.78, 5) is 27.4. The Balaban J connectivity index is 3.09. The van der Waals surface area contributed by atoms with Crippen LogP contribution in [0.4, 0.5) is 5.82 Å². The predicted molar refractivity (Wildman–Crippen MR) is 121 cm³/mol. The lowest BCUT2D eigenvalue weighted by Crippen LogP contribution is -2.46. The molecule has 0 saturated heterocycles. The molecule has 2 amide bonds. The average Bonchev–Trinajstić information content (AvgIpc) is 3.02. The van der Waals surface area contributed by atoms with Gasteiger partial charge < -0.3 is 10.2 Å². The lowest BCUT2D eigenvalue weighted by atomic mass is 9.92. The Kier molecular flexibility index (Phi) is 8.35. The summed E-state index contributed by atoms with van der Waals surface area (Å²) in [5, 5.41) is 7.70. The van der Waals surface area contributed by atoms with Crippen molar-refractivity contribution in [2.24, 2.45) is 5.41 Å². The Morgan fingerprint density at radius 1 is 1.14 bits per heavy atom. The molecule has 0 atom stereocenters. The summed E-state index contributed by atoms with van der Waals surface area (Å²) in [7, 11) is 0. The molecule has 0 aliphatic carbocycles. The van der Waals surface area contributed by atoms with E-state index in [-0.39, 0.29) is 35.2 Å². The standard InChI is InChI=1S/C22H39ClN4O2/c1-10-11-12-26(19(29)22(8,9)15-23)14-18(28)24-17-13-16(20(2,3)4)25-27(17)21(5,6)7/h13H,10-12,14-15H2,1-9H3,(H,24,28). The highest BCUT2D eigenvalue weighted by Crippen LogP contribution is 2.28. The Hall–Kier alpha value is -1.56. The SMILES string of the molecule is CCCCN(CC(=O)Nc1cc(C(C)(C)C)nn1C(C)(C)C)C(=O)C(C)(C)CCl. The molecule has 0 saturated carbocycles. The molecule has 7 heteroatoms. The van der Waals surface area contributed by atoms with Crippen LogP contribution in [0.25, 0.3) is 0 Å². The minimum atomic E-state index is -0.706. The first-order valence-corrected chi connectivity index (χ1v) is 10.9. The van der Waals surface area contributed by atoms with E-state index in [1.54, 1.807) is 4.90 Å². The molecule has 1 aromatic heterocycles. The van der Waals surface area contributed by atoms with Crippen LogP contribution in [-0.2, 0) is 20.5 Å². The number of halogens is 1. The summed E-state index contributed by atoms with van der Waals surface area (Å²) in [5.74, 6) is 0.523. The average molecular weight is 427 g/mol. The van der Waals surface area contributed by atoms with Crippen molar-refractivity contribution in [1.29, 1.82) is 0 Å². The Morgan fingerprint density at radius 3 is 2.17 bits per heavy atom. The van der Waals surface area contributed by atoms with Gasteiger partial charge in [-0.05, 0) is 41.0 Å². The number of nitrogens with zero attached hydrogens (tertiary/aromatic N) is 3. The molecule has 0 radical (unpaired) electrons. The number of amides is 2. The monoisotopic (exact) mass is 426 g/mol. The molecular weight excluding hydrogens is 388 g/mol. The van der Waals surface area contributed by atoms with Crippen LogP contribution in [0.15, 0.2) is 6.07 Å². The first kappa shape index (κ1) is 25.5. The molecule has 0 aromatic carbocycles. The molecule has 1 rings (SSSR count). The number of hydrogen-bond donors (Lipinski definition) is 1. The fraction of sp³-hybridized carbons (Fsp3) is 0.773. The number of rotatable bonds is 8. The highest BCUT2D eigenvalue weighted by Gasteiger charge is 2.32. The van der Waals surface area contributed by atoms with Crippen LogP contribution in [0, 0.1) is 5.41 Å². The van der Waals surface area contributed by atoms with Crippen molar-refractivity contribution in [2.45, 2.75) is 86.1 Å². The number of nitrogens with one attached hydrogen (secondary N) is 1. The van der Waals surface area contributed by atoms with Gasteiger partial charge in [0.2, 0.25) is 11.8 Å². The number of unbranched alkanes of at least 4 members (excludes halogenated alkanes) is 1. The van der Waals surface area contributed by atoms with Gasteiger partial charge in [-0.3, -0.25) is 9.59 Å². The molecule has 29 heavy (non-hydrogen) atoms. The minimum Gasteiger partial charge on any atom is -0.333 e. The third-order valence-corrected chi connectivity index (χ3v) is 5.37. The normalized spacial score (nSPS) is 12.8. The molecule has 1 aromatic rings. The van der Waals surface area contributed by atoms with Crippen molar-refractivity contribution >= 4 is 29.2 Å². The van der Waals surface area contributed by atoms with Crippen LogP contribution in [-0.4, -0.2) is 45.5 Å². The van der Waals surface area contributed by atoms with E-state index in [1.807, 2.05) is 45.4 Å². The van der Waals surface area contributed by atoms with E-state index >= 15 is 0 Å². The van der Waals surface area contributed by atoms with Crippen LogP contribution in [0.3, 0.4) is 0 Å². The summed E-state index contributed by atoms with van der Waals surface area (Å²) in [6.45, 7) is 18.6. The maximum absolute atomic E-state index is 12.9. The fourth-order valence-electron chi connectivity index (χ4n) is 2.79. The van der Waals surface area contributed by atoms with Crippen molar-refractivity contribution in [3.63, 3.8) is 0 Å². The van der Waals surface area contributed by atoms with Crippen LogP contribution in [0.2, 0.25) is 0 Å². The van der Waals surface area contributed by atoms with E-state index in [9.17, 15) is 9.59 Å². The quantitative estimate of drug-likeness (QED) is 0.609. The second-order valence-corrected chi connectivity index (χ2v) is 10.7. The first-order valence-electron chi connectivity index (χ1n) is 10.4. The molecule has 0 spiro atoms. The summed E-state index contributed by atoms with van der Waals surface area (Å²) in [6, 6.07) is 1.92. The van der Waals surface area contributed by atoms with E-state index in [0.717, 1.165) is 18.5 Å². The zero-order valence-corrected chi connectivity index (χ0v) is 20.4. The number of hydrogen-bond acceptors (Lipinski definition) is 3. The van der Waals surface area contributed by atoms with Crippen molar-refractivity contribution in [3.8, 4) is 0 Å². The van der Waals surface area contributed by atoms with E-state index in [0.29, 0.717) is 12.4 Å². The van der Waals surface area contributed by atoms with Gasteiger partial charge in [0.1, 0.15) is 5.82 Å². The van der Waals surface area contributed by atoms with Crippen molar-refractivity contribution in [3.05, 3.63) is 11.8 Å². The van der Waals surface area contributed by atoms with Crippen LogP contribution in [0.1, 0.15) is 80.8 Å². The van der Waals surface area contributed by atoms with Gasteiger partial charge in [-0.1, -0.05) is 34.1 Å². The van der Waals surface area contributed by atoms with Gasteiger partial charge >= 0.3 is 0 Å². The van der Waals surface area contributed by atoms with E-state index in [4.69, 9.17) is 16.7 Å². The Bertz CT molecular complexity index is 711. The molecule has 1 N–H and O–H groups in total. The van der Waals surface area contributed by atoms with Gasteiger partial charge in [-0.25, -0.2) is 4.68 Å². The second kappa shape index (κ2) is 9.50. The molecule has 0 bridgehead atoms. The molecule has 1 heterocycles. The van der Waals surface area contributed by atoms with Crippen molar-refractivity contribution in [2.75, 3.05) is 24.3 Å². The smallest absolute Gasteiger partial charge is 0.245 e. The van der Waals surface area contributed by atoms with Crippen LogP contribution in [0.5, 0.6) is 0 Å². The van der Waals surface area contributed by atoms with Crippen LogP contribution >= 0.6 is 11.6 Å². The molecule has 0 fully saturated rings. The van der Waals surface area contributed by atoms with Crippen molar-refractivity contribution in [1.82, 2.24) is 14.7 Å². The molecule has 0 aliphatic rings.